The topological polar surface area (TPSA) is 85.3 Å². The fourth-order valence-electron chi connectivity index (χ4n) is 2.36. The lowest BCUT2D eigenvalue weighted by molar-refractivity contribution is 0.496. The molecule has 2 rings (SSSR count). The molecule has 0 aliphatic heterocycles. The van der Waals surface area contributed by atoms with E-state index in [-0.39, 0.29) is 11.8 Å². The number of nitrogens with one attached hydrogen (secondary N) is 1. The molecule has 1 atom stereocenters. The Kier molecular flexibility index (Phi) is 4.39. The largest absolute Gasteiger partial charge is 0.466 e. The quantitative estimate of drug-likeness (QED) is 0.832. The van der Waals surface area contributed by atoms with Crippen molar-refractivity contribution in [3.05, 3.63) is 53.0 Å². The molecule has 0 fully saturated rings. The molecule has 2 aromatic rings. The van der Waals surface area contributed by atoms with Gasteiger partial charge in [-0.05, 0) is 44.5 Å². The first-order valence-corrected chi connectivity index (χ1v) is 8.33. The van der Waals surface area contributed by atoms with E-state index in [9.17, 15) is 8.42 Å². The van der Waals surface area contributed by atoms with Crippen LogP contribution in [0.15, 0.2) is 34.7 Å². The summed E-state index contributed by atoms with van der Waals surface area (Å²) in [6, 6.07) is 8.39. The molecule has 21 heavy (non-hydrogen) atoms. The third-order valence-electron chi connectivity index (χ3n) is 3.21. The number of hydrogen-bond donors (Lipinski definition) is 2. The highest BCUT2D eigenvalue weighted by molar-refractivity contribution is 7.88. The van der Waals surface area contributed by atoms with Gasteiger partial charge in [-0.25, -0.2) is 13.1 Å². The van der Waals surface area contributed by atoms with Crippen LogP contribution in [0, 0.1) is 13.8 Å². The number of rotatable bonds is 5. The number of hydrogen-bond acceptors (Lipinski definition) is 4. The highest BCUT2D eigenvalue weighted by atomic mass is 32.2. The Morgan fingerprint density at radius 3 is 2.57 bits per heavy atom. The molecule has 114 valence electrons. The summed E-state index contributed by atoms with van der Waals surface area (Å²) in [5.41, 5.74) is 7.73. The lowest BCUT2D eigenvalue weighted by Gasteiger charge is -2.14. The minimum atomic E-state index is -3.45. The van der Waals surface area contributed by atoms with Crippen LogP contribution in [0.5, 0.6) is 0 Å². The molecule has 0 saturated heterocycles. The van der Waals surface area contributed by atoms with Gasteiger partial charge < -0.3 is 10.2 Å². The van der Waals surface area contributed by atoms with E-state index in [1.165, 1.54) is 0 Å². The van der Waals surface area contributed by atoms with Crippen molar-refractivity contribution in [1.82, 2.24) is 4.72 Å². The average molecular weight is 308 g/mol. The average Bonchev–Trinajstić information content (AvgIpc) is 2.67. The standard InChI is InChI=1S/C15H20N2O3S/c1-10-7-15(12(3)20-10)11(2)17-21(18,19)9-13-5-4-6-14(16)8-13/h4-8,11,17H,9,16H2,1-3H3. The van der Waals surface area contributed by atoms with Crippen LogP contribution in [0.25, 0.3) is 0 Å². The minimum Gasteiger partial charge on any atom is -0.466 e. The number of anilines is 1. The number of nitrogen functional groups attached to an aromatic ring is 1. The maximum atomic E-state index is 12.2. The van der Waals surface area contributed by atoms with Gasteiger partial charge in [0, 0.05) is 17.3 Å². The smallest absolute Gasteiger partial charge is 0.216 e. The predicted octanol–water partition coefficient (Wildman–Crippen LogP) is 2.66. The van der Waals surface area contributed by atoms with Crippen LogP contribution in [0.1, 0.15) is 35.6 Å². The van der Waals surface area contributed by atoms with Gasteiger partial charge in [0.25, 0.3) is 0 Å². The monoisotopic (exact) mass is 308 g/mol. The number of benzene rings is 1. The fourth-order valence-corrected chi connectivity index (χ4v) is 3.72. The number of nitrogens with two attached hydrogens (primary N) is 1. The van der Waals surface area contributed by atoms with Crippen LogP contribution < -0.4 is 10.5 Å². The molecule has 1 aromatic carbocycles. The van der Waals surface area contributed by atoms with Crippen molar-refractivity contribution in [2.24, 2.45) is 0 Å². The van der Waals surface area contributed by atoms with Crippen LogP contribution >= 0.6 is 0 Å². The summed E-state index contributed by atoms with van der Waals surface area (Å²) in [7, 11) is -3.45. The molecule has 0 aliphatic rings. The van der Waals surface area contributed by atoms with Crippen molar-refractivity contribution in [2.75, 3.05) is 5.73 Å². The second kappa shape index (κ2) is 5.91. The number of aryl methyl sites for hydroxylation is 2. The Morgan fingerprint density at radius 2 is 2.00 bits per heavy atom. The van der Waals surface area contributed by atoms with Crippen LogP contribution in [-0.2, 0) is 15.8 Å². The van der Waals surface area contributed by atoms with Crippen LogP contribution in [0.2, 0.25) is 0 Å². The first-order chi connectivity index (χ1) is 9.77. The van der Waals surface area contributed by atoms with E-state index in [1.807, 2.05) is 19.9 Å². The molecule has 0 radical (unpaired) electrons. The van der Waals surface area contributed by atoms with Crippen LogP contribution in [0.3, 0.4) is 0 Å². The van der Waals surface area contributed by atoms with E-state index >= 15 is 0 Å². The highest BCUT2D eigenvalue weighted by Crippen LogP contribution is 2.22. The van der Waals surface area contributed by atoms with Gasteiger partial charge in [0.2, 0.25) is 10.0 Å². The normalized spacial score (nSPS) is 13.3. The molecule has 0 saturated carbocycles. The Bertz CT molecular complexity index is 735. The van der Waals surface area contributed by atoms with E-state index in [0.717, 1.165) is 17.1 Å². The zero-order valence-corrected chi connectivity index (χ0v) is 13.2. The molecule has 0 spiro atoms. The van der Waals surface area contributed by atoms with Gasteiger partial charge in [-0.15, -0.1) is 0 Å². The summed E-state index contributed by atoms with van der Waals surface area (Å²) < 4.78 is 32.6. The molecule has 0 bridgehead atoms. The van der Waals surface area contributed by atoms with E-state index in [4.69, 9.17) is 10.2 Å². The zero-order valence-electron chi connectivity index (χ0n) is 12.4. The molecule has 6 heteroatoms. The molecule has 0 aliphatic carbocycles. The van der Waals surface area contributed by atoms with Crippen molar-refractivity contribution in [3.63, 3.8) is 0 Å². The maximum absolute atomic E-state index is 12.2. The summed E-state index contributed by atoms with van der Waals surface area (Å²) in [5, 5.41) is 0. The fraction of sp³-hybridized carbons (Fsp3) is 0.333. The molecule has 1 heterocycles. The van der Waals surface area contributed by atoms with Gasteiger partial charge in [-0.1, -0.05) is 12.1 Å². The summed E-state index contributed by atoms with van der Waals surface area (Å²) in [5.74, 6) is 1.40. The zero-order chi connectivity index (χ0) is 15.6. The third-order valence-corrected chi connectivity index (χ3v) is 4.64. The lowest BCUT2D eigenvalue weighted by Crippen LogP contribution is -2.28. The summed E-state index contributed by atoms with van der Waals surface area (Å²) in [4.78, 5) is 0. The van der Waals surface area contributed by atoms with Gasteiger partial charge >= 0.3 is 0 Å². The van der Waals surface area contributed by atoms with Gasteiger partial charge in [0.05, 0.1) is 5.75 Å². The van der Waals surface area contributed by atoms with Gasteiger partial charge in [-0.3, -0.25) is 0 Å². The Labute approximate surface area is 125 Å². The molecular formula is C15H20N2O3S. The van der Waals surface area contributed by atoms with Crippen molar-refractivity contribution < 1.29 is 12.8 Å². The maximum Gasteiger partial charge on any atom is 0.216 e. The molecule has 1 aromatic heterocycles. The van der Waals surface area contributed by atoms with E-state index in [0.29, 0.717) is 11.3 Å². The molecule has 1 unspecified atom stereocenters. The van der Waals surface area contributed by atoms with E-state index < -0.39 is 10.0 Å². The summed E-state index contributed by atoms with van der Waals surface area (Å²) in [6.07, 6.45) is 0. The first-order valence-electron chi connectivity index (χ1n) is 6.68. The predicted molar refractivity (Wildman–Crippen MR) is 83.2 cm³/mol. The molecule has 0 amide bonds. The van der Waals surface area contributed by atoms with Gasteiger partial charge in [0.15, 0.2) is 0 Å². The lowest BCUT2D eigenvalue weighted by atomic mass is 10.1. The van der Waals surface area contributed by atoms with Gasteiger partial charge in [0.1, 0.15) is 11.5 Å². The third kappa shape index (κ3) is 4.09. The van der Waals surface area contributed by atoms with Crippen molar-refractivity contribution in [1.29, 1.82) is 0 Å². The minimum absolute atomic E-state index is 0.0989. The summed E-state index contributed by atoms with van der Waals surface area (Å²) >= 11 is 0. The molecule has 5 nitrogen and oxygen atoms in total. The summed E-state index contributed by atoms with van der Waals surface area (Å²) in [6.45, 7) is 5.46. The highest BCUT2D eigenvalue weighted by Gasteiger charge is 2.19. The Morgan fingerprint density at radius 1 is 1.29 bits per heavy atom. The second-order valence-corrected chi connectivity index (χ2v) is 6.97. The van der Waals surface area contributed by atoms with Crippen molar-refractivity contribution >= 4 is 15.7 Å². The molecular weight excluding hydrogens is 288 g/mol. The Hall–Kier alpha value is -1.79. The SMILES string of the molecule is Cc1cc(C(C)NS(=O)(=O)Cc2cccc(N)c2)c(C)o1. The van der Waals surface area contributed by atoms with Crippen molar-refractivity contribution in [2.45, 2.75) is 32.6 Å². The Balaban J connectivity index is 2.12. The number of sulfonamides is 1. The van der Waals surface area contributed by atoms with Crippen LogP contribution in [-0.4, -0.2) is 8.42 Å². The van der Waals surface area contributed by atoms with E-state index in [2.05, 4.69) is 4.72 Å². The van der Waals surface area contributed by atoms with Crippen LogP contribution in [0.4, 0.5) is 5.69 Å². The second-order valence-electron chi connectivity index (χ2n) is 5.21. The van der Waals surface area contributed by atoms with Crippen molar-refractivity contribution in [3.8, 4) is 0 Å². The van der Waals surface area contributed by atoms with E-state index in [1.54, 1.807) is 31.2 Å². The molecule has 3 N–H and O–H groups in total. The number of furan rings is 1. The first kappa shape index (κ1) is 15.6. The van der Waals surface area contributed by atoms with Gasteiger partial charge in [-0.2, -0.15) is 0 Å².